The quantitative estimate of drug-likeness (QED) is 0.289. The summed E-state index contributed by atoms with van der Waals surface area (Å²) in [5, 5.41) is 10.3. The number of ether oxygens (including phenoxy) is 4. The average molecular weight is 606 g/mol. The van der Waals surface area contributed by atoms with E-state index in [0.29, 0.717) is 43.3 Å². The van der Waals surface area contributed by atoms with Crippen LogP contribution >= 0.6 is 11.6 Å². The van der Waals surface area contributed by atoms with Crippen LogP contribution in [0, 0.1) is 6.92 Å². The van der Waals surface area contributed by atoms with Crippen LogP contribution in [0.4, 0.5) is 13.2 Å². The van der Waals surface area contributed by atoms with Gasteiger partial charge < -0.3 is 24.1 Å². The molecule has 2 aliphatic rings. The SMILES string of the molecule is Cc1c(COc2cc(OCCN3CCCC(O)(C(F)(F)F)C3)c(C=O)cc2Cl)cccc1-c1ccc2c(c1)OCCO2. The minimum Gasteiger partial charge on any atom is -0.491 e. The van der Waals surface area contributed by atoms with E-state index in [4.69, 9.17) is 30.5 Å². The molecule has 0 radical (unpaired) electrons. The number of alkyl halides is 3. The van der Waals surface area contributed by atoms with Crippen LogP contribution in [0.2, 0.25) is 5.02 Å². The Morgan fingerprint density at radius 3 is 2.62 bits per heavy atom. The van der Waals surface area contributed by atoms with Gasteiger partial charge >= 0.3 is 6.18 Å². The molecule has 1 saturated heterocycles. The monoisotopic (exact) mass is 605 g/mol. The van der Waals surface area contributed by atoms with Crippen molar-refractivity contribution in [3.8, 4) is 34.1 Å². The standard InChI is InChI=1S/C31H31ClF3NO6/c1-20-22(4-2-5-24(20)21-6-7-26-29(15-21)41-13-12-40-26)18-42-28-16-27(23(17-37)14-25(28)32)39-11-10-36-9-3-8-30(38,19-36)31(33,34)35/h2,4-7,14-17,38H,3,8-13,18-19H2,1H3. The second-order valence-corrected chi connectivity index (χ2v) is 10.8. The van der Waals surface area contributed by atoms with Crippen molar-refractivity contribution in [1.29, 1.82) is 0 Å². The molecule has 0 saturated carbocycles. The topological polar surface area (TPSA) is 77.5 Å². The number of rotatable bonds is 9. The van der Waals surface area contributed by atoms with Crippen LogP contribution in [0.1, 0.15) is 34.3 Å². The van der Waals surface area contributed by atoms with Gasteiger partial charge in [-0.3, -0.25) is 9.69 Å². The summed E-state index contributed by atoms with van der Waals surface area (Å²) in [7, 11) is 0. The summed E-state index contributed by atoms with van der Waals surface area (Å²) in [5.41, 5.74) is 1.36. The molecule has 0 bridgehead atoms. The summed E-state index contributed by atoms with van der Waals surface area (Å²) in [6.45, 7) is 3.23. The second kappa shape index (κ2) is 12.4. The minimum atomic E-state index is -4.71. The van der Waals surface area contributed by atoms with Crippen LogP contribution in [-0.2, 0) is 6.61 Å². The smallest absolute Gasteiger partial charge is 0.418 e. The summed E-state index contributed by atoms with van der Waals surface area (Å²) in [6, 6.07) is 14.7. The normalized spacial score (nSPS) is 18.9. The van der Waals surface area contributed by atoms with Gasteiger partial charge in [-0.25, -0.2) is 0 Å². The molecule has 224 valence electrons. The first kappa shape index (κ1) is 30.0. The number of aldehydes is 1. The van der Waals surface area contributed by atoms with Crippen LogP contribution in [0.15, 0.2) is 48.5 Å². The van der Waals surface area contributed by atoms with Crippen molar-refractivity contribution >= 4 is 17.9 Å². The summed E-state index contributed by atoms with van der Waals surface area (Å²) in [5.74, 6) is 1.91. The molecule has 5 rings (SSSR count). The largest absolute Gasteiger partial charge is 0.491 e. The van der Waals surface area contributed by atoms with Gasteiger partial charge in [0.15, 0.2) is 23.4 Å². The van der Waals surface area contributed by atoms with Gasteiger partial charge in [-0.2, -0.15) is 13.2 Å². The van der Waals surface area contributed by atoms with Gasteiger partial charge in [-0.15, -0.1) is 0 Å². The summed E-state index contributed by atoms with van der Waals surface area (Å²) in [4.78, 5) is 13.2. The summed E-state index contributed by atoms with van der Waals surface area (Å²) < 4.78 is 63.0. The number of halogens is 4. The Morgan fingerprint density at radius 1 is 1.07 bits per heavy atom. The summed E-state index contributed by atoms with van der Waals surface area (Å²) in [6.07, 6.45) is -4.24. The molecule has 0 amide bonds. The fourth-order valence-electron chi connectivity index (χ4n) is 5.23. The highest BCUT2D eigenvalue weighted by Crippen LogP contribution is 2.38. The van der Waals surface area contributed by atoms with E-state index in [9.17, 15) is 23.1 Å². The molecule has 0 aliphatic carbocycles. The van der Waals surface area contributed by atoms with E-state index < -0.39 is 18.3 Å². The number of aliphatic hydroxyl groups is 1. The van der Waals surface area contributed by atoms with Gasteiger partial charge in [0.25, 0.3) is 0 Å². The molecule has 3 aromatic rings. The maximum atomic E-state index is 13.3. The first-order valence-corrected chi connectivity index (χ1v) is 14.0. The molecule has 1 fully saturated rings. The Labute approximate surface area is 246 Å². The van der Waals surface area contributed by atoms with Crippen molar-refractivity contribution in [3.63, 3.8) is 0 Å². The van der Waals surface area contributed by atoms with Crippen LogP contribution < -0.4 is 18.9 Å². The molecule has 1 unspecified atom stereocenters. The zero-order valence-electron chi connectivity index (χ0n) is 23.0. The lowest BCUT2D eigenvalue weighted by Crippen LogP contribution is -2.57. The van der Waals surface area contributed by atoms with Crippen LogP contribution in [0.25, 0.3) is 11.1 Å². The lowest BCUT2D eigenvalue weighted by atomic mass is 9.92. The lowest BCUT2D eigenvalue weighted by molar-refractivity contribution is -0.274. The number of benzene rings is 3. The molecule has 2 aliphatic heterocycles. The fourth-order valence-corrected chi connectivity index (χ4v) is 5.45. The molecule has 1 atom stereocenters. The zero-order valence-corrected chi connectivity index (χ0v) is 23.8. The highest BCUT2D eigenvalue weighted by atomic mass is 35.5. The molecule has 0 aromatic heterocycles. The second-order valence-electron chi connectivity index (χ2n) is 10.4. The Hall–Kier alpha value is -3.47. The van der Waals surface area contributed by atoms with Gasteiger partial charge in [-0.05, 0) is 66.8 Å². The first-order valence-electron chi connectivity index (χ1n) is 13.6. The number of likely N-dealkylation sites (tertiary alicyclic amines) is 1. The van der Waals surface area contributed by atoms with Gasteiger partial charge in [0.05, 0.1) is 10.6 Å². The van der Waals surface area contributed by atoms with E-state index >= 15 is 0 Å². The Balaban J connectivity index is 1.26. The zero-order chi connectivity index (χ0) is 29.9. The van der Waals surface area contributed by atoms with Gasteiger partial charge in [0.1, 0.15) is 37.9 Å². The Morgan fingerprint density at radius 2 is 1.86 bits per heavy atom. The molecule has 7 nitrogen and oxygen atoms in total. The average Bonchev–Trinajstić information content (AvgIpc) is 2.97. The number of piperidine rings is 1. The third kappa shape index (κ3) is 6.45. The van der Waals surface area contributed by atoms with E-state index in [1.54, 1.807) is 0 Å². The van der Waals surface area contributed by atoms with E-state index in [1.807, 2.05) is 43.3 Å². The summed E-state index contributed by atoms with van der Waals surface area (Å²) >= 11 is 6.40. The van der Waals surface area contributed by atoms with Gasteiger partial charge in [0.2, 0.25) is 0 Å². The number of hydrogen-bond donors (Lipinski definition) is 1. The molecular formula is C31H31ClF3NO6. The number of hydrogen-bond acceptors (Lipinski definition) is 7. The predicted molar refractivity (Wildman–Crippen MR) is 151 cm³/mol. The van der Waals surface area contributed by atoms with Crippen molar-refractivity contribution in [2.45, 2.75) is 38.1 Å². The fraction of sp³-hybridized carbons (Fsp3) is 0.387. The van der Waals surface area contributed by atoms with Crippen molar-refractivity contribution < 1.29 is 42.0 Å². The minimum absolute atomic E-state index is 0.00648. The highest BCUT2D eigenvalue weighted by Gasteiger charge is 2.55. The molecule has 2 heterocycles. The predicted octanol–water partition coefficient (Wildman–Crippen LogP) is 6.25. The number of β-amino-alcohol motifs (C(OH)–C–C–N with tert-alkyl or cyclic N) is 1. The highest BCUT2D eigenvalue weighted by molar-refractivity contribution is 6.32. The molecule has 42 heavy (non-hydrogen) atoms. The number of fused-ring (bicyclic) bond motifs is 1. The van der Waals surface area contributed by atoms with Crippen molar-refractivity contribution in [1.82, 2.24) is 4.90 Å². The lowest BCUT2D eigenvalue weighted by Gasteiger charge is -2.40. The molecule has 11 heteroatoms. The van der Waals surface area contributed by atoms with Crippen LogP contribution in [-0.4, -0.2) is 67.5 Å². The first-order chi connectivity index (χ1) is 20.1. The molecule has 1 N–H and O–H groups in total. The third-order valence-electron chi connectivity index (χ3n) is 7.62. The number of carbonyl (C=O) groups is 1. The Kier molecular flexibility index (Phi) is 8.86. The Bertz CT molecular complexity index is 1450. The van der Waals surface area contributed by atoms with Crippen molar-refractivity contribution in [2.24, 2.45) is 0 Å². The van der Waals surface area contributed by atoms with Crippen molar-refractivity contribution in [3.05, 3.63) is 70.2 Å². The maximum Gasteiger partial charge on any atom is 0.418 e. The maximum absolute atomic E-state index is 13.3. The molecule has 3 aromatic carbocycles. The van der Waals surface area contributed by atoms with Gasteiger partial charge in [0, 0.05) is 19.2 Å². The van der Waals surface area contributed by atoms with Crippen LogP contribution in [0.5, 0.6) is 23.0 Å². The third-order valence-corrected chi connectivity index (χ3v) is 7.91. The molecule has 0 spiro atoms. The van der Waals surface area contributed by atoms with E-state index in [-0.39, 0.29) is 48.9 Å². The number of nitrogens with zero attached hydrogens (tertiary/aromatic N) is 1. The van der Waals surface area contributed by atoms with Gasteiger partial charge in [-0.1, -0.05) is 35.9 Å². The van der Waals surface area contributed by atoms with E-state index in [2.05, 4.69) is 0 Å². The van der Waals surface area contributed by atoms with E-state index in [0.717, 1.165) is 22.3 Å². The van der Waals surface area contributed by atoms with Crippen molar-refractivity contribution in [2.75, 3.05) is 39.5 Å². The van der Waals surface area contributed by atoms with Crippen LogP contribution in [0.3, 0.4) is 0 Å². The number of carbonyl (C=O) groups excluding carboxylic acids is 1. The van der Waals surface area contributed by atoms with E-state index in [1.165, 1.54) is 17.0 Å². The molecular weight excluding hydrogens is 575 g/mol.